The molecular weight excluding hydrogens is 258 g/mol. The van der Waals surface area contributed by atoms with Crippen LogP contribution in [-0.4, -0.2) is 24.7 Å². The fraction of sp³-hybridized carbons (Fsp3) is 0.500. The highest BCUT2D eigenvalue weighted by Crippen LogP contribution is 2.32. The molecule has 0 aromatic carbocycles. The molecule has 106 valence electrons. The van der Waals surface area contributed by atoms with E-state index in [1.165, 1.54) is 13.3 Å². The fourth-order valence-corrected chi connectivity index (χ4v) is 1.73. The van der Waals surface area contributed by atoms with Crippen molar-refractivity contribution >= 4 is 5.97 Å². The van der Waals surface area contributed by atoms with Gasteiger partial charge in [-0.05, 0) is 6.92 Å². The average Bonchev–Trinajstić information content (AvgIpc) is 2.37. The van der Waals surface area contributed by atoms with Gasteiger partial charge in [0.15, 0.2) is 0 Å². The Bertz CT molecular complexity index is 453. The first-order valence-electron chi connectivity index (χ1n) is 5.73. The third-order valence-electron chi connectivity index (χ3n) is 2.53. The first kappa shape index (κ1) is 15.3. The molecule has 0 spiro atoms. The second-order valence-corrected chi connectivity index (χ2v) is 3.65. The van der Waals surface area contributed by atoms with E-state index in [1.807, 2.05) is 0 Å². The Morgan fingerprint density at radius 1 is 1.53 bits per heavy atom. The van der Waals surface area contributed by atoms with E-state index in [4.69, 9.17) is 15.2 Å². The minimum absolute atomic E-state index is 0.0510. The van der Waals surface area contributed by atoms with Crippen LogP contribution in [0.2, 0.25) is 0 Å². The van der Waals surface area contributed by atoms with E-state index in [9.17, 15) is 13.6 Å². The zero-order valence-corrected chi connectivity index (χ0v) is 10.8. The van der Waals surface area contributed by atoms with Gasteiger partial charge >= 0.3 is 5.97 Å². The van der Waals surface area contributed by atoms with E-state index in [0.29, 0.717) is 0 Å². The molecule has 2 N–H and O–H groups in total. The van der Waals surface area contributed by atoms with Gasteiger partial charge in [-0.2, -0.15) is 0 Å². The highest BCUT2D eigenvalue weighted by atomic mass is 19.3. The minimum Gasteiger partial charge on any atom is -0.495 e. The molecule has 1 aromatic heterocycles. The summed E-state index contributed by atoms with van der Waals surface area (Å²) in [6.45, 7) is 1.68. The van der Waals surface area contributed by atoms with Gasteiger partial charge in [-0.1, -0.05) is 0 Å². The number of pyridine rings is 1. The summed E-state index contributed by atoms with van der Waals surface area (Å²) in [6.07, 6.45) is -1.81. The van der Waals surface area contributed by atoms with Gasteiger partial charge in [0.25, 0.3) is 6.43 Å². The van der Waals surface area contributed by atoms with E-state index in [0.717, 1.165) is 0 Å². The molecule has 1 heterocycles. The number of hydrogen-bond acceptors (Lipinski definition) is 5. The Hall–Kier alpha value is -1.76. The van der Waals surface area contributed by atoms with E-state index >= 15 is 0 Å². The summed E-state index contributed by atoms with van der Waals surface area (Å²) in [4.78, 5) is 15.3. The van der Waals surface area contributed by atoms with Crippen LogP contribution in [0.5, 0.6) is 5.75 Å². The van der Waals surface area contributed by atoms with Gasteiger partial charge < -0.3 is 15.2 Å². The first-order chi connectivity index (χ1) is 9.04. The Morgan fingerprint density at radius 2 is 2.21 bits per heavy atom. The van der Waals surface area contributed by atoms with Crippen molar-refractivity contribution in [2.45, 2.75) is 26.3 Å². The summed E-state index contributed by atoms with van der Waals surface area (Å²) in [7, 11) is 1.32. The van der Waals surface area contributed by atoms with E-state index in [2.05, 4.69) is 4.98 Å². The summed E-state index contributed by atoms with van der Waals surface area (Å²) in [5, 5.41) is 0. The van der Waals surface area contributed by atoms with E-state index in [1.54, 1.807) is 6.92 Å². The maximum atomic E-state index is 13.1. The summed E-state index contributed by atoms with van der Waals surface area (Å²) >= 11 is 0. The predicted molar refractivity (Wildman–Crippen MR) is 64.0 cm³/mol. The van der Waals surface area contributed by atoms with Gasteiger partial charge in [-0.3, -0.25) is 9.78 Å². The lowest BCUT2D eigenvalue weighted by molar-refractivity contribution is -0.142. The quantitative estimate of drug-likeness (QED) is 0.797. The Morgan fingerprint density at radius 3 is 2.68 bits per heavy atom. The number of nitrogens with zero attached hydrogens (tertiary/aromatic N) is 1. The van der Waals surface area contributed by atoms with Crippen LogP contribution < -0.4 is 10.5 Å². The average molecular weight is 274 g/mol. The molecule has 7 heteroatoms. The molecule has 19 heavy (non-hydrogen) atoms. The fourth-order valence-electron chi connectivity index (χ4n) is 1.73. The topological polar surface area (TPSA) is 74.4 Å². The molecule has 0 radical (unpaired) electrons. The van der Waals surface area contributed by atoms with Gasteiger partial charge in [-0.15, -0.1) is 0 Å². The number of nitrogens with two attached hydrogens (primary N) is 1. The Balaban J connectivity index is 3.26. The molecule has 0 saturated carbocycles. The van der Waals surface area contributed by atoms with E-state index in [-0.39, 0.29) is 42.1 Å². The number of rotatable bonds is 6. The third-order valence-corrected chi connectivity index (χ3v) is 2.53. The van der Waals surface area contributed by atoms with Crippen LogP contribution in [0.1, 0.15) is 30.2 Å². The van der Waals surface area contributed by atoms with Crippen molar-refractivity contribution in [1.29, 1.82) is 0 Å². The zero-order chi connectivity index (χ0) is 14.4. The standard InChI is InChI=1S/C12H16F2N2O3/c1-3-19-10(17)4-7-9(18-2)6-16-8(5-15)11(7)12(13)14/h6,12H,3-5,15H2,1-2H3. The van der Waals surface area contributed by atoms with Gasteiger partial charge in [0.1, 0.15) is 5.75 Å². The largest absolute Gasteiger partial charge is 0.495 e. The summed E-state index contributed by atoms with van der Waals surface area (Å²) in [6, 6.07) is 0. The highest BCUT2D eigenvalue weighted by Gasteiger charge is 2.24. The maximum Gasteiger partial charge on any atom is 0.310 e. The van der Waals surface area contributed by atoms with Crippen LogP contribution in [0.15, 0.2) is 6.20 Å². The SMILES string of the molecule is CCOC(=O)Cc1c(OC)cnc(CN)c1C(F)F. The molecule has 0 aliphatic heterocycles. The number of ether oxygens (including phenoxy) is 2. The number of carbonyl (C=O) groups excluding carboxylic acids is 1. The Kier molecular flexibility index (Phi) is 5.62. The first-order valence-corrected chi connectivity index (χ1v) is 5.73. The van der Waals surface area contributed by atoms with Crippen molar-refractivity contribution in [2.24, 2.45) is 5.73 Å². The number of carbonyl (C=O) groups is 1. The van der Waals surface area contributed by atoms with Gasteiger partial charge in [0, 0.05) is 17.7 Å². The molecule has 0 fully saturated rings. The number of halogens is 2. The van der Waals surface area contributed by atoms with Crippen molar-refractivity contribution in [2.75, 3.05) is 13.7 Å². The van der Waals surface area contributed by atoms with Crippen molar-refractivity contribution in [3.8, 4) is 5.75 Å². The van der Waals surface area contributed by atoms with E-state index < -0.39 is 12.4 Å². The number of aromatic nitrogens is 1. The van der Waals surface area contributed by atoms with Crippen molar-refractivity contribution in [3.63, 3.8) is 0 Å². The maximum absolute atomic E-state index is 13.1. The summed E-state index contributed by atoms with van der Waals surface area (Å²) in [5.41, 5.74) is 5.16. The number of hydrogen-bond donors (Lipinski definition) is 1. The number of esters is 1. The molecule has 0 saturated heterocycles. The third kappa shape index (κ3) is 3.60. The molecule has 0 aliphatic carbocycles. The molecule has 0 bridgehead atoms. The van der Waals surface area contributed by atoms with Crippen LogP contribution >= 0.6 is 0 Å². The van der Waals surface area contributed by atoms with Crippen LogP contribution in [0, 0.1) is 0 Å². The highest BCUT2D eigenvalue weighted by molar-refractivity contribution is 5.74. The van der Waals surface area contributed by atoms with Gasteiger partial charge in [0.2, 0.25) is 0 Å². The zero-order valence-electron chi connectivity index (χ0n) is 10.8. The Labute approximate surface area is 109 Å². The van der Waals surface area contributed by atoms with Crippen LogP contribution in [0.4, 0.5) is 8.78 Å². The molecule has 0 unspecified atom stereocenters. The molecule has 0 amide bonds. The number of methoxy groups -OCH3 is 1. The lowest BCUT2D eigenvalue weighted by atomic mass is 10.0. The summed E-state index contributed by atoms with van der Waals surface area (Å²) < 4.78 is 36.0. The lowest BCUT2D eigenvalue weighted by Gasteiger charge is -2.15. The molecule has 0 atom stereocenters. The summed E-state index contributed by atoms with van der Waals surface area (Å²) in [5.74, 6) is -0.475. The molecule has 1 aromatic rings. The second kappa shape index (κ2) is 6.98. The monoisotopic (exact) mass is 274 g/mol. The molecule has 5 nitrogen and oxygen atoms in total. The number of alkyl halides is 2. The van der Waals surface area contributed by atoms with Crippen LogP contribution in [0.25, 0.3) is 0 Å². The van der Waals surface area contributed by atoms with Gasteiger partial charge in [-0.25, -0.2) is 8.78 Å². The minimum atomic E-state index is -2.79. The normalized spacial score (nSPS) is 10.6. The van der Waals surface area contributed by atoms with Crippen molar-refractivity contribution in [1.82, 2.24) is 4.98 Å². The molecular formula is C12H16F2N2O3. The lowest BCUT2D eigenvalue weighted by Crippen LogP contribution is -2.14. The van der Waals surface area contributed by atoms with Crippen LogP contribution in [-0.2, 0) is 22.5 Å². The molecule has 0 aliphatic rings. The van der Waals surface area contributed by atoms with Crippen molar-refractivity contribution < 1.29 is 23.0 Å². The second-order valence-electron chi connectivity index (χ2n) is 3.65. The van der Waals surface area contributed by atoms with Gasteiger partial charge in [0.05, 0.1) is 32.0 Å². The van der Waals surface area contributed by atoms with Crippen molar-refractivity contribution in [3.05, 3.63) is 23.0 Å². The predicted octanol–water partition coefficient (Wildman–Crippen LogP) is 1.59. The van der Waals surface area contributed by atoms with Crippen LogP contribution in [0.3, 0.4) is 0 Å². The molecule has 1 rings (SSSR count). The smallest absolute Gasteiger partial charge is 0.310 e.